The second-order valence-corrected chi connectivity index (χ2v) is 8.75. The molecule has 2 amide bonds. The number of hydrogen-bond donors (Lipinski definition) is 3. The number of benzene rings is 2. The molecule has 7 heteroatoms. The van der Waals surface area contributed by atoms with Gasteiger partial charge in [0, 0.05) is 16.0 Å². The fourth-order valence-corrected chi connectivity index (χ4v) is 3.86. The summed E-state index contributed by atoms with van der Waals surface area (Å²) in [7, 11) is 0. The standard InChI is InChI=1S/C23H24N2O4S/c1-23(2,3)25(22(28)29)19-11-10-17(20-5-4-12-30-20)13-18(19)24-21(27)16-8-6-15(14-26)7-9-16/h4-13,26H,14H2,1-3H3,(H,24,27)(H,28,29). The topological polar surface area (TPSA) is 89.9 Å². The maximum absolute atomic E-state index is 12.9. The quantitative estimate of drug-likeness (QED) is 0.508. The van der Waals surface area contributed by atoms with E-state index in [4.69, 9.17) is 0 Å². The van der Waals surface area contributed by atoms with Crippen LogP contribution in [-0.2, 0) is 6.61 Å². The Morgan fingerprint density at radius 2 is 1.77 bits per heavy atom. The van der Waals surface area contributed by atoms with Crippen LogP contribution in [0.15, 0.2) is 60.0 Å². The second kappa shape index (κ2) is 8.69. The fourth-order valence-electron chi connectivity index (χ4n) is 3.13. The summed E-state index contributed by atoms with van der Waals surface area (Å²) in [4.78, 5) is 27.2. The average Bonchev–Trinajstić information content (AvgIpc) is 3.22. The first-order chi connectivity index (χ1) is 14.2. The van der Waals surface area contributed by atoms with E-state index in [1.807, 2.05) is 23.6 Å². The van der Waals surface area contributed by atoms with Crippen molar-refractivity contribution in [3.05, 3.63) is 71.1 Å². The van der Waals surface area contributed by atoms with E-state index in [0.717, 1.165) is 10.4 Å². The highest BCUT2D eigenvalue weighted by Crippen LogP contribution is 2.36. The number of carbonyl (C=O) groups excluding carboxylic acids is 1. The number of anilines is 2. The molecule has 6 nitrogen and oxygen atoms in total. The van der Waals surface area contributed by atoms with Gasteiger partial charge in [-0.25, -0.2) is 4.79 Å². The molecule has 3 aromatic rings. The normalized spacial score (nSPS) is 11.2. The third kappa shape index (κ3) is 4.69. The molecule has 0 spiro atoms. The Bertz CT molecular complexity index is 1040. The lowest BCUT2D eigenvalue weighted by Crippen LogP contribution is -2.45. The molecule has 1 aromatic heterocycles. The first-order valence-electron chi connectivity index (χ1n) is 9.43. The minimum Gasteiger partial charge on any atom is -0.465 e. The Labute approximate surface area is 179 Å². The molecular formula is C23H24N2O4S. The lowest BCUT2D eigenvalue weighted by molar-refractivity contribution is 0.102. The average molecular weight is 425 g/mol. The van der Waals surface area contributed by atoms with Crippen LogP contribution in [-0.4, -0.2) is 27.8 Å². The third-order valence-electron chi connectivity index (χ3n) is 4.55. The predicted molar refractivity (Wildman–Crippen MR) is 120 cm³/mol. The molecule has 2 aromatic carbocycles. The van der Waals surface area contributed by atoms with Crippen molar-refractivity contribution in [2.75, 3.05) is 10.2 Å². The van der Waals surface area contributed by atoms with E-state index in [1.165, 1.54) is 4.90 Å². The van der Waals surface area contributed by atoms with Crippen molar-refractivity contribution in [1.29, 1.82) is 0 Å². The summed E-state index contributed by atoms with van der Waals surface area (Å²) >= 11 is 1.56. The van der Waals surface area contributed by atoms with Gasteiger partial charge in [0.1, 0.15) is 0 Å². The Hall–Kier alpha value is -3.16. The van der Waals surface area contributed by atoms with Gasteiger partial charge in [-0.05, 0) is 67.6 Å². The second-order valence-electron chi connectivity index (χ2n) is 7.81. The van der Waals surface area contributed by atoms with E-state index in [1.54, 1.807) is 68.5 Å². The molecule has 0 atom stereocenters. The fraction of sp³-hybridized carbons (Fsp3) is 0.217. The molecule has 0 aliphatic carbocycles. The van der Waals surface area contributed by atoms with E-state index >= 15 is 0 Å². The molecule has 0 aliphatic rings. The van der Waals surface area contributed by atoms with Crippen LogP contribution in [0.2, 0.25) is 0 Å². The Balaban J connectivity index is 2.05. The highest BCUT2D eigenvalue weighted by Gasteiger charge is 2.30. The van der Waals surface area contributed by atoms with E-state index in [9.17, 15) is 19.8 Å². The number of carboxylic acid groups (broad SMARTS) is 1. The molecular weight excluding hydrogens is 400 g/mol. The Morgan fingerprint density at radius 3 is 2.30 bits per heavy atom. The van der Waals surface area contributed by atoms with Gasteiger partial charge in [0.25, 0.3) is 5.91 Å². The number of thiophene rings is 1. The van der Waals surface area contributed by atoms with Crippen molar-refractivity contribution in [3.63, 3.8) is 0 Å². The largest absolute Gasteiger partial charge is 0.465 e. The monoisotopic (exact) mass is 424 g/mol. The van der Waals surface area contributed by atoms with Gasteiger partial charge in [0.05, 0.1) is 18.0 Å². The van der Waals surface area contributed by atoms with Crippen molar-refractivity contribution in [2.24, 2.45) is 0 Å². The molecule has 156 valence electrons. The summed E-state index contributed by atoms with van der Waals surface area (Å²) in [5, 5.41) is 23.9. The van der Waals surface area contributed by atoms with Gasteiger partial charge < -0.3 is 15.5 Å². The maximum Gasteiger partial charge on any atom is 0.412 e. The number of hydrogen-bond acceptors (Lipinski definition) is 4. The maximum atomic E-state index is 12.9. The Kier molecular flexibility index (Phi) is 6.24. The summed E-state index contributed by atoms with van der Waals surface area (Å²) in [5.41, 5.74) is 2.11. The molecule has 0 saturated carbocycles. The van der Waals surface area contributed by atoms with Gasteiger partial charge in [-0.1, -0.05) is 24.3 Å². The van der Waals surface area contributed by atoms with Crippen LogP contribution in [0.3, 0.4) is 0 Å². The Morgan fingerprint density at radius 1 is 1.07 bits per heavy atom. The summed E-state index contributed by atoms with van der Waals surface area (Å²) < 4.78 is 0. The molecule has 0 bridgehead atoms. The van der Waals surface area contributed by atoms with Crippen molar-refractivity contribution in [1.82, 2.24) is 0 Å². The van der Waals surface area contributed by atoms with Gasteiger partial charge in [0.2, 0.25) is 0 Å². The van der Waals surface area contributed by atoms with Crippen LogP contribution >= 0.6 is 11.3 Å². The molecule has 0 aliphatic heterocycles. The number of rotatable bonds is 5. The minimum absolute atomic E-state index is 0.103. The van der Waals surface area contributed by atoms with Crippen LogP contribution in [0.4, 0.5) is 16.2 Å². The number of nitrogens with zero attached hydrogens (tertiary/aromatic N) is 1. The van der Waals surface area contributed by atoms with E-state index in [2.05, 4.69) is 5.32 Å². The molecule has 3 rings (SSSR count). The minimum atomic E-state index is -1.10. The number of amides is 2. The molecule has 0 saturated heterocycles. The summed E-state index contributed by atoms with van der Waals surface area (Å²) in [5.74, 6) is -0.358. The van der Waals surface area contributed by atoms with Crippen molar-refractivity contribution in [2.45, 2.75) is 32.9 Å². The lowest BCUT2D eigenvalue weighted by Gasteiger charge is -2.34. The van der Waals surface area contributed by atoms with Crippen LogP contribution < -0.4 is 10.2 Å². The van der Waals surface area contributed by atoms with Crippen molar-refractivity contribution >= 4 is 34.7 Å². The highest BCUT2D eigenvalue weighted by atomic mass is 32.1. The SMILES string of the molecule is CC(C)(C)N(C(=O)O)c1ccc(-c2cccs2)cc1NC(=O)c1ccc(CO)cc1. The molecule has 0 radical (unpaired) electrons. The predicted octanol–water partition coefficient (Wildman–Crippen LogP) is 5.44. The van der Waals surface area contributed by atoms with Crippen molar-refractivity contribution < 1.29 is 19.8 Å². The van der Waals surface area contributed by atoms with Crippen molar-refractivity contribution in [3.8, 4) is 10.4 Å². The number of carbonyl (C=O) groups is 2. The number of aliphatic hydroxyl groups is 1. The van der Waals surface area contributed by atoms with Crippen LogP contribution in [0.5, 0.6) is 0 Å². The third-order valence-corrected chi connectivity index (χ3v) is 5.47. The summed E-state index contributed by atoms with van der Waals surface area (Å²) in [6.07, 6.45) is -1.10. The molecule has 0 fully saturated rings. The zero-order valence-electron chi connectivity index (χ0n) is 17.0. The smallest absolute Gasteiger partial charge is 0.412 e. The van der Waals surface area contributed by atoms with Crippen LogP contribution in [0.1, 0.15) is 36.7 Å². The van der Waals surface area contributed by atoms with Gasteiger partial charge in [-0.15, -0.1) is 11.3 Å². The van der Waals surface area contributed by atoms with Crippen LogP contribution in [0.25, 0.3) is 10.4 Å². The summed E-state index contributed by atoms with van der Waals surface area (Å²) in [6.45, 7) is 5.29. The van der Waals surface area contributed by atoms with E-state index < -0.39 is 11.6 Å². The molecule has 30 heavy (non-hydrogen) atoms. The lowest BCUT2D eigenvalue weighted by atomic mass is 10.0. The number of aliphatic hydroxyl groups excluding tert-OH is 1. The first-order valence-corrected chi connectivity index (χ1v) is 10.3. The van der Waals surface area contributed by atoms with E-state index in [-0.39, 0.29) is 12.5 Å². The zero-order valence-corrected chi connectivity index (χ0v) is 17.9. The molecule has 1 heterocycles. The molecule has 3 N–H and O–H groups in total. The molecule has 0 unspecified atom stereocenters. The van der Waals surface area contributed by atoms with E-state index in [0.29, 0.717) is 22.5 Å². The number of nitrogens with one attached hydrogen (secondary N) is 1. The van der Waals surface area contributed by atoms with Crippen LogP contribution in [0, 0.1) is 0 Å². The van der Waals surface area contributed by atoms with Gasteiger partial charge in [-0.2, -0.15) is 0 Å². The first kappa shape index (κ1) is 21.5. The van der Waals surface area contributed by atoms with Gasteiger partial charge in [-0.3, -0.25) is 9.69 Å². The zero-order chi connectivity index (χ0) is 21.9. The van der Waals surface area contributed by atoms with Gasteiger partial charge in [0.15, 0.2) is 0 Å². The summed E-state index contributed by atoms with van der Waals surface area (Å²) in [6, 6.07) is 15.9. The highest BCUT2D eigenvalue weighted by molar-refractivity contribution is 7.13. The van der Waals surface area contributed by atoms with Gasteiger partial charge >= 0.3 is 6.09 Å².